The zero-order chi connectivity index (χ0) is 19.7. The van der Waals surface area contributed by atoms with E-state index in [4.69, 9.17) is 0 Å². The molecule has 28 heavy (non-hydrogen) atoms. The molecule has 3 aromatic rings. The topological polar surface area (TPSA) is 48.1 Å². The Morgan fingerprint density at radius 2 is 1.82 bits per heavy atom. The zero-order valence-corrected chi connectivity index (χ0v) is 15.6. The minimum absolute atomic E-state index is 0.372. The summed E-state index contributed by atoms with van der Waals surface area (Å²) in [6.07, 6.45) is 1.11. The molecule has 0 radical (unpaired) electrons. The Morgan fingerprint density at radius 1 is 1.11 bits per heavy atom. The molecule has 0 spiro atoms. The Kier molecular flexibility index (Phi) is 4.97. The summed E-state index contributed by atoms with van der Waals surface area (Å²) in [7, 11) is 2.06. The number of aromatic nitrogens is 3. The zero-order valence-electron chi connectivity index (χ0n) is 15.6. The number of anilines is 1. The van der Waals surface area contributed by atoms with E-state index in [1.54, 1.807) is 18.5 Å². The fourth-order valence-corrected chi connectivity index (χ4v) is 3.83. The van der Waals surface area contributed by atoms with Crippen molar-refractivity contribution >= 4 is 16.9 Å². The van der Waals surface area contributed by atoms with Crippen molar-refractivity contribution in [2.24, 2.45) is 0 Å². The molecule has 1 aliphatic heterocycles. The number of alkyl halides is 3. The lowest BCUT2D eigenvalue weighted by atomic mass is 10.0. The summed E-state index contributed by atoms with van der Waals surface area (Å²) in [5.41, 5.74) is 1.14. The van der Waals surface area contributed by atoms with Gasteiger partial charge in [0.15, 0.2) is 0 Å². The quantitative estimate of drug-likeness (QED) is 0.731. The van der Waals surface area contributed by atoms with E-state index >= 15 is 0 Å². The second-order valence-corrected chi connectivity index (χ2v) is 7.25. The minimum Gasteiger partial charge on any atom is -0.356 e. The van der Waals surface area contributed by atoms with Crippen LogP contribution in [0.4, 0.5) is 19.0 Å². The van der Waals surface area contributed by atoms with Crippen LogP contribution in [0.15, 0.2) is 42.9 Å². The number of hydrogen-bond donors (Lipinski definition) is 1. The highest BCUT2D eigenvalue weighted by molar-refractivity contribution is 5.87. The largest absolute Gasteiger partial charge is 0.416 e. The van der Waals surface area contributed by atoms with Crippen LogP contribution in [0.1, 0.15) is 24.0 Å². The molecule has 1 N–H and O–H groups in total. The predicted molar refractivity (Wildman–Crippen MR) is 102 cm³/mol. The van der Waals surface area contributed by atoms with Crippen molar-refractivity contribution in [3.8, 4) is 0 Å². The summed E-state index contributed by atoms with van der Waals surface area (Å²) in [5, 5.41) is 1.01. The highest BCUT2D eigenvalue weighted by Crippen LogP contribution is 2.30. The highest BCUT2D eigenvalue weighted by atomic mass is 19.4. The molecule has 1 aliphatic rings. The molecule has 1 saturated heterocycles. The van der Waals surface area contributed by atoms with Gasteiger partial charge in [0.05, 0.1) is 10.9 Å². The second kappa shape index (κ2) is 7.43. The monoisotopic (exact) mass is 389 g/mol. The highest BCUT2D eigenvalue weighted by Gasteiger charge is 2.30. The first kappa shape index (κ1) is 18.7. The summed E-state index contributed by atoms with van der Waals surface area (Å²) < 4.78 is 38.1. The van der Waals surface area contributed by atoms with Crippen molar-refractivity contribution in [3.63, 3.8) is 0 Å². The molecule has 8 heteroatoms. The van der Waals surface area contributed by atoms with Gasteiger partial charge >= 0.3 is 6.18 Å². The van der Waals surface area contributed by atoms with Gasteiger partial charge in [0.2, 0.25) is 0 Å². The number of fused-ring (bicyclic) bond motifs is 1. The molecule has 0 atom stereocenters. The third-order valence-corrected chi connectivity index (χ3v) is 5.46. The lowest BCUT2D eigenvalue weighted by molar-refractivity contribution is -0.137. The lowest BCUT2D eigenvalue weighted by Gasteiger charge is -2.37. The van der Waals surface area contributed by atoms with E-state index in [-0.39, 0.29) is 0 Å². The van der Waals surface area contributed by atoms with E-state index in [1.807, 2.05) is 12.3 Å². The maximum Gasteiger partial charge on any atom is 0.416 e. The third-order valence-electron chi connectivity index (χ3n) is 5.46. The molecule has 0 saturated carbocycles. The molecule has 1 fully saturated rings. The van der Waals surface area contributed by atoms with E-state index < -0.39 is 11.7 Å². The van der Waals surface area contributed by atoms with Crippen molar-refractivity contribution in [1.82, 2.24) is 19.9 Å². The molecule has 2 aromatic heterocycles. The van der Waals surface area contributed by atoms with Gasteiger partial charge in [0, 0.05) is 38.9 Å². The van der Waals surface area contributed by atoms with Crippen molar-refractivity contribution in [2.75, 3.05) is 25.0 Å². The van der Waals surface area contributed by atoms with Crippen LogP contribution < -0.4 is 4.90 Å². The first-order valence-corrected chi connectivity index (χ1v) is 9.31. The summed E-state index contributed by atoms with van der Waals surface area (Å²) in [6, 6.07) is 7.83. The molecular weight excluding hydrogens is 367 g/mol. The Morgan fingerprint density at radius 3 is 2.50 bits per heavy atom. The van der Waals surface area contributed by atoms with Crippen LogP contribution >= 0.6 is 0 Å². The van der Waals surface area contributed by atoms with Gasteiger partial charge < -0.3 is 9.88 Å². The van der Waals surface area contributed by atoms with Crippen LogP contribution in [0.5, 0.6) is 0 Å². The number of nitrogens with zero attached hydrogens (tertiary/aromatic N) is 4. The van der Waals surface area contributed by atoms with Crippen LogP contribution in [0, 0.1) is 0 Å². The Hall–Kier alpha value is -2.61. The van der Waals surface area contributed by atoms with Gasteiger partial charge in [-0.15, -0.1) is 0 Å². The van der Waals surface area contributed by atoms with Crippen LogP contribution in [-0.2, 0) is 12.7 Å². The molecule has 148 valence electrons. The number of likely N-dealkylation sites (tertiary alicyclic amines) is 1. The first-order valence-electron chi connectivity index (χ1n) is 9.31. The number of aromatic amines is 1. The van der Waals surface area contributed by atoms with Gasteiger partial charge in [-0.25, -0.2) is 9.97 Å². The molecule has 3 heterocycles. The van der Waals surface area contributed by atoms with Crippen LogP contribution in [-0.4, -0.2) is 46.0 Å². The standard InChI is InChI=1S/C20H22F3N5/c1-27(19-17-6-9-24-18(17)25-13-26-19)16-7-10-28(11-8-16)12-14-2-4-15(5-3-14)20(21,22)23/h2-6,9,13,16H,7-8,10-12H2,1H3,(H,24,25,26). The Bertz CT molecular complexity index is 927. The maximum atomic E-state index is 12.7. The van der Waals surface area contributed by atoms with E-state index in [2.05, 4.69) is 31.8 Å². The number of piperidine rings is 1. The summed E-state index contributed by atoms with van der Waals surface area (Å²) in [5.74, 6) is 0.924. The van der Waals surface area contributed by atoms with E-state index in [9.17, 15) is 13.2 Å². The van der Waals surface area contributed by atoms with Crippen molar-refractivity contribution in [1.29, 1.82) is 0 Å². The molecule has 5 nitrogen and oxygen atoms in total. The van der Waals surface area contributed by atoms with E-state index in [0.717, 1.165) is 60.5 Å². The fourth-order valence-electron chi connectivity index (χ4n) is 3.83. The summed E-state index contributed by atoms with van der Waals surface area (Å²) >= 11 is 0. The molecule has 0 amide bonds. The van der Waals surface area contributed by atoms with Crippen molar-refractivity contribution < 1.29 is 13.2 Å². The molecular formula is C20H22F3N5. The van der Waals surface area contributed by atoms with Gasteiger partial charge in [0.25, 0.3) is 0 Å². The smallest absolute Gasteiger partial charge is 0.356 e. The lowest BCUT2D eigenvalue weighted by Crippen LogP contribution is -2.43. The van der Waals surface area contributed by atoms with E-state index in [0.29, 0.717) is 12.6 Å². The predicted octanol–water partition coefficient (Wildman–Crippen LogP) is 4.08. The van der Waals surface area contributed by atoms with Gasteiger partial charge in [-0.1, -0.05) is 12.1 Å². The average Bonchev–Trinajstić information content (AvgIpc) is 3.17. The number of benzene rings is 1. The number of H-pyrrole nitrogens is 1. The van der Waals surface area contributed by atoms with Crippen LogP contribution in [0.2, 0.25) is 0 Å². The average molecular weight is 389 g/mol. The van der Waals surface area contributed by atoms with Crippen molar-refractivity contribution in [3.05, 3.63) is 54.0 Å². The van der Waals surface area contributed by atoms with Gasteiger partial charge in [-0.3, -0.25) is 4.90 Å². The fraction of sp³-hybridized carbons (Fsp3) is 0.400. The van der Waals surface area contributed by atoms with Crippen LogP contribution in [0.3, 0.4) is 0 Å². The van der Waals surface area contributed by atoms with Gasteiger partial charge in [-0.05, 0) is 36.6 Å². The number of hydrogen-bond acceptors (Lipinski definition) is 4. The number of rotatable bonds is 4. The molecule has 0 bridgehead atoms. The second-order valence-electron chi connectivity index (χ2n) is 7.25. The molecule has 1 aromatic carbocycles. The maximum absolute atomic E-state index is 12.7. The first-order chi connectivity index (χ1) is 13.4. The Balaban J connectivity index is 1.36. The molecule has 0 aliphatic carbocycles. The number of halogens is 3. The van der Waals surface area contributed by atoms with Crippen LogP contribution in [0.25, 0.3) is 11.0 Å². The Labute approximate surface area is 161 Å². The summed E-state index contributed by atoms with van der Waals surface area (Å²) in [6.45, 7) is 2.47. The SMILES string of the molecule is CN(c1ncnc2[nH]ccc12)C1CCN(Cc2ccc(C(F)(F)F)cc2)CC1. The van der Waals surface area contributed by atoms with Crippen molar-refractivity contribution in [2.45, 2.75) is 31.6 Å². The van der Waals surface area contributed by atoms with Gasteiger partial charge in [0.1, 0.15) is 17.8 Å². The third kappa shape index (κ3) is 3.82. The minimum atomic E-state index is -4.28. The van der Waals surface area contributed by atoms with Gasteiger partial charge in [-0.2, -0.15) is 13.2 Å². The molecule has 0 unspecified atom stereocenters. The number of nitrogens with one attached hydrogen (secondary N) is 1. The normalized spacial score (nSPS) is 16.6. The molecule has 4 rings (SSSR count). The summed E-state index contributed by atoms with van der Waals surface area (Å²) in [4.78, 5) is 16.3. The van der Waals surface area contributed by atoms with E-state index in [1.165, 1.54) is 0 Å².